The second kappa shape index (κ2) is 9.47. The van der Waals surface area contributed by atoms with Crippen LogP contribution in [0.2, 0.25) is 0 Å². The third-order valence-corrected chi connectivity index (χ3v) is 8.51. The van der Waals surface area contributed by atoms with E-state index in [0.717, 1.165) is 78.6 Å². The minimum absolute atomic E-state index is 0.0498. The molecule has 1 amide bonds. The summed E-state index contributed by atoms with van der Waals surface area (Å²) in [6, 6.07) is 10.5. The van der Waals surface area contributed by atoms with Crippen molar-refractivity contribution < 1.29 is 9.53 Å². The van der Waals surface area contributed by atoms with Gasteiger partial charge in [0.05, 0.1) is 23.6 Å². The van der Waals surface area contributed by atoms with Gasteiger partial charge in [-0.3, -0.25) is 4.79 Å². The van der Waals surface area contributed by atoms with E-state index in [4.69, 9.17) is 14.7 Å². The van der Waals surface area contributed by atoms with Crippen LogP contribution >= 0.6 is 0 Å². The molecule has 0 unspecified atom stereocenters. The number of fused-ring (bicyclic) bond motifs is 4. The quantitative estimate of drug-likeness (QED) is 0.383. The van der Waals surface area contributed by atoms with E-state index in [-0.39, 0.29) is 5.91 Å². The lowest BCUT2D eigenvalue weighted by Gasteiger charge is -2.19. The molecule has 0 bridgehead atoms. The number of carbonyl (C=O) groups is 1. The molecule has 1 aliphatic carbocycles. The third kappa shape index (κ3) is 4.01. The van der Waals surface area contributed by atoms with Gasteiger partial charge in [-0.15, -0.1) is 0 Å². The lowest BCUT2D eigenvalue weighted by molar-refractivity contribution is 0.0966. The Morgan fingerprint density at radius 3 is 2.85 bits per heavy atom. The van der Waals surface area contributed by atoms with Crippen molar-refractivity contribution >= 4 is 28.4 Å². The molecule has 0 radical (unpaired) electrons. The van der Waals surface area contributed by atoms with Crippen LogP contribution in [0.1, 0.15) is 57.2 Å². The predicted molar refractivity (Wildman–Crippen MR) is 152 cm³/mol. The van der Waals surface area contributed by atoms with Crippen LogP contribution in [0.3, 0.4) is 0 Å². The minimum Gasteiger partial charge on any atom is -0.381 e. The Bertz CT molecular complexity index is 1620. The Labute approximate surface area is 228 Å². The summed E-state index contributed by atoms with van der Waals surface area (Å²) in [4.78, 5) is 25.0. The third-order valence-electron chi connectivity index (χ3n) is 8.51. The Kier molecular flexibility index (Phi) is 5.90. The summed E-state index contributed by atoms with van der Waals surface area (Å²) in [7, 11) is 6.24. The normalized spacial score (nSPS) is 18.2. The molecule has 2 aliphatic heterocycles. The first-order chi connectivity index (χ1) is 19.0. The highest BCUT2D eigenvalue weighted by atomic mass is 16.5. The van der Waals surface area contributed by atoms with Crippen LogP contribution in [0.4, 0.5) is 11.5 Å². The number of amides is 1. The maximum atomic E-state index is 13.1. The van der Waals surface area contributed by atoms with E-state index >= 15 is 0 Å². The molecule has 8 nitrogen and oxygen atoms in total. The average Bonchev–Trinajstić information content (AvgIpc) is 3.72. The number of ether oxygens (including phenoxy) is 1. The maximum Gasteiger partial charge on any atom is 0.254 e. The van der Waals surface area contributed by atoms with Gasteiger partial charge in [0.15, 0.2) is 0 Å². The Hall–Kier alpha value is -3.75. The number of aryl methyl sites for hydroxylation is 2. The van der Waals surface area contributed by atoms with Gasteiger partial charge in [-0.05, 0) is 85.8 Å². The van der Waals surface area contributed by atoms with Gasteiger partial charge in [0.25, 0.3) is 5.91 Å². The number of benzene rings is 1. The highest BCUT2D eigenvalue weighted by Gasteiger charge is 2.29. The van der Waals surface area contributed by atoms with Crippen LogP contribution < -0.4 is 10.6 Å². The van der Waals surface area contributed by atoms with Gasteiger partial charge in [0.2, 0.25) is 0 Å². The van der Waals surface area contributed by atoms with Crippen molar-refractivity contribution in [3.05, 3.63) is 70.2 Å². The fourth-order valence-electron chi connectivity index (χ4n) is 6.72. The standard InChI is InChI=1S/C31H34N6O2/c1-36(2)16-25-19(18-12-14-39-17-18)8-10-27(35-25)34-24-9-7-20(23-15-33-31(38)29(23)24)21-11-13-32-30-28(21)22-5-4-6-26(22)37(30)3/h7-11,13,18H,4-6,12,14-17H2,1-3H3,(H,33,38)(H,34,35)/t18-/m1/s1. The molecule has 2 N–H and O–H groups in total. The largest absolute Gasteiger partial charge is 0.381 e. The van der Waals surface area contributed by atoms with Gasteiger partial charge >= 0.3 is 0 Å². The summed E-state index contributed by atoms with van der Waals surface area (Å²) in [6.45, 7) is 2.81. The molecular weight excluding hydrogens is 488 g/mol. The number of carbonyl (C=O) groups excluding carboxylic acids is 1. The van der Waals surface area contributed by atoms with Gasteiger partial charge in [0.1, 0.15) is 11.5 Å². The Morgan fingerprint density at radius 1 is 1.13 bits per heavy atom. The van der Waals surface area contributed by atoms with Crippen molar-refractivity contribution in [3.8, 4) is 11.1 Å². The van der Waals surface area contributed by atoms with E-state index in [1.54, 1.807) is 0 Å². The van der Waals surface area contributed by atoms with E-state index in [9.17, 15) is 4.79 Å². The Morgan fingerprint density at radius 2 is 2.03 bits per heavy atom. The molecule has 1 aromatic carbocycles. The molecule has 0 saturated carbocycles. The fraction of sp³-hybridized carbons (Fsp3) is 0.387. The summed E-state index contributed by atoms with van der Waals surface area (Å²) in [5, 5.41) is 7.79. The first kappa shape index (κ1) is 24.3. The van der Waals surface area contributed by atoms with Crippen LogP contribution in [-0.4, -0.2) is 52.7 Å². The van der Waals surface area contributed by atoms with E-state index in [1.807, 2.05) is 18.3 Å². The van der Waals surface area contributed by atoms with Gasteiger partial charge in [-0.2, -0.15) is 0 Å². The van der Waals surface area contributed by atoms with Crippen molar-refractivity contribution in [2.24, 2.45) is 7.05 Å². The van der Waals surface area contributed by atoms with E-state index < -0.39 is 0 Å². The average molecular weight is 523 g/mol. The zero-order chi connectivity index (χ0) is 26.7. The van der Waals surface area contributed by atoms with Crippen LogP contribution in [-0.2, 0) is 37.7 Å². The summed E-state index contributed by atoms with van der Waals surface area (Å²) in [6.07, 6.45) is 6.27. The molecule has 39 heavy (non-hydrogen) atoms. The second-order valence-corrected chi connectivity index (χ2v) is 11.2. The number of nitrogens with one attached hydrogen (secondary N) is 2. The second-order valence-electron chi connectivity index (χ2n) is 11.2. The predicted octanol–water partition coefficient (Wildman–Crippen LogP) is 4.68. The molecule has 4 aromatic rings. The molecule has 3 aromatic heterocycles. The first-order valence-corrected chi connectivity index (χ1v) is 13.9. The zero-order valence-corrected chi connectivity index (χ0v) is 22.8. The highest BCUT2D eigenvalue weighted by Crippen LogP contribution is 2.41. The SMILES string of the molecule is CN(C)Cc1nc(Nc2ccc(-c3ccnc4c3c3c(n4C)CCC3)c3c2C(=O)NC3)ccc1[C@@H]1CCOC1. The fourth-order valence-corrected chi connectivity index (χ4v) is 6.72. The number of pyridine rings is 2. The van der Waals surface area contributed by atoms with Crippen molar-refractivity contribution in [1.29, 1.82) is 0 Å². The van der Waals surface area contributed by atoms with Crippen LogP contribution in [0, 0.1) is 0 Å². The maximum absolute atomic E-state index is 13.1. The van der Waals surface area contributed by atoms with E-state index in [1.165, 1.54) is 28.6 Å². The van der Waals surface area contributed by atoms with Crippen molar-refractivity contribution in [3.63, 3.8) is 0 Å². The summed E-state index contributed by atoms with van der Waals surface area (Å²) in [5.74, 6) is 1.08. The number of nitrogens with zero attached hydrogens (tertiary/aromatic N) is 4. The molecule has 1 saturated heterocycles. The summed E-state index contributed by atoms with van der Waals surface area (Å²) >= 11 is 0. The summed E-state index contributed by atoms with van der Waals surface area (Å²) < 4.78 is 7.90. The molecule has 8 heteroatoms. The monoisotopic (exact) mass is 522 g/mol. The molecular formula is C31H34N6O2. The molecule has 5 heterocycles. The minimum atomic E-state index is -0.0498. The zero-order valence-electron chi connectivity index (χ0n) is 22.8. The smallest absolute Gasteiger partial charge is 0.254 e. The molecule has 200 valence electrons. The molecule has 1 fully saturated rings. The first-order valence-electron chi connectivity index (χ1n) is 13.9. The van der Waals surface area contributed by atoms with Crippen molar-refractivity contribution in [2.75, 3.05) is 32.6 Å². The van der Waals surface area contributed by atoms with Gasteiger partial charge in [-0.25, -0.2) is 9.97 Å². The van der Waals surface area contributed by atoms with Crippen molar-refractivity contribution in [1.82, 2.24) is 24.8 Å². The number of anilines is 2. The number of hydrogen-bond donors (Lipinski definition) is 2. The topological polar surface area (TPSA) is 84.3 Å². The molecule has 0 spiro atoms. The lowest BCUT2D eigenvalue weighted by atomic mass is 9.93. The van der Waals surface area contributed by atoms with Crippen LogP contribution in [0.25, 0.3) is 22.2 Å². The van der Waals surface area contributed by atoms with Gasteiger partial charge in [0, 0.05) is 49.9 Å². The van der Waals surface area contributed by atoms with Crippen LogP contribution in [0.15, 0.2) is 36.5 Å². The molecule has 7 rings (SSSR count). The van der Waals surface area contributed by atoms with Crippen molar-refractivity contribution in [2.45, 2.75) is 44.7 Å². The lowest BCUT2D eigenvalue weighted by Crippen LogP contribution is -2.16. The number of rotatable bonds is 6. The van der Waals surface area contributed by atoms with Gasteiger partial charge < -0.3 is 24.8 Å². The van der Waals surface area contributed by atoms with Gasteiger partial charge in [-0.1, -0.05) is 12.1 Å². The van der Waals surface area contributed by atoms with E-state index in [0.29, 0.717) is 18.0 Å². The number of hydrogen-bond acceptors (Lipinski definition) is 6. The number of aromatic nitrogens is 3. The molecule has 3 aliphatic rings. The highest BCUT2D eigenvalue weighted by molar-refractivity contribution is 6.08. The van der Waals surface area contributed by atoms with Crippen LogP contribution in [0.5, 0.6) is 0 Å². The molecule has 1 atom stereocenters. The van der Waals surface area contributed by atoms with E-state index in [2.05, 4.69) is 59.4 Å². The summed E-state index contributed by atoms with van der Waals surface area (Å²) in [5.41, 5.74) is 10.9. The Balaban J connectivity index is 1.30.